The van der Waals surface area contributed by atoms with Gasteiger partial charge in [0.25, 0.3) is 5.91 Å². The summed E-state index contributed by atoms with van der Waals surface area (Å²) in [5.74, 6) is -0.0764. The number of rotatable bonds is 8. The fraction of sp³-hybridized carbons (Fsp3) is 0.222. The molecule has 0 bridgehead atoms. The third-order valence-corrected chi connectivity index (χ3v) is 7.95. The number of para-hydroxylation sites is 1. The first-order chi connectivity index (χ1) is 16.8. The van der Waals surface area contributed by atoms with Crippen molar-refractivity contribution in [2.75, 3.05) is 12.4 Å². The first-order valence-electron chi connectivity index (χ1n) is 11.2. The van der Waals surface area contributed by atoms with Crippen LogP contribution in [-0.4, -0.2) is 29.2 Å². The van der Waals surface area contributed by atoms with E-state index in [1.54, 1.807) is 7.11 Å². The number of fused-ring (bicyclic) bond motifs is 1. The van der Waals surface area contributed by atoms with Gasteiger partial charge in [-0.05, 0) is 43.5 Å². The Labute approximate surface area is 212 Å². The second-order valence-electron chi connectivity index (χ2n) is 8.22. The van der Waals surface area contributed by atoms with Gasteiger partial charge in [-0.15, -0.1) is 11.3 Å². The summed E-state index contributed by atoms with van der Waals surface area (Å²) < 4.78 is 5.48. The molecule has 0 radical (unpaired) electrons. The Kier molecular flexibility index (Phi) is 7.42. The van der Waals surface area contributed by atoms with Gasteiger partial charge in [0, 0.05) is 16.3 Å². The monoisotopic (exact) mass is 505 g/mol. The van der Waals surface area contributed by atoms with Crippen LogP contribution in [0.3, 0.4) is 0 Å². The van der Waals surface area contributed by atoms with Gasteiger partial charge >= 0.3 is 0 Å². The van der Waals surface area contributed by atoms with Gasteiger partial charge in [0.1, 0.15) is 16.3 Å². The molecule has 0 aliphatic heterocycles. The molecule has 2 amide bonds. The van der Waals surface area contributed by atoms with Gasteiger partial charge in [-0.25, -0.2) is 4.98 Å². The lowest BCUT2D eigenvalue weighted by atomic mass is 10.0. The Morgan fingerprint density at radius 1 is 1.17 bits per heavy atom. The number of hydrogen-bond donors (Lipinski definition) is 2. The number of thiophene rings is 1. The van der Waals surface area contributed by atoms with E-state index in [9.17, 15) is 9.59 Å². The van der Waals surface area contributed by atoms with Crippen molar-refractivity contribution < 1.29 is 14.3 Å². The molecule has 3 N–H and O–H groups in total. The predicted octanol–water partition coefficient (Wildman–Crippen LogP) is 6.20. The number of nitrogens with one attached hydrogen (secondary N) is 1. The number of methoxy groups -OCH3 is 1. The number of primary amides is 1. The number of anilines is 1. The average molecular weight is 506 g/mol. The molecule has 0 fully saturated rings. The molecule has 0 aliphatic carbocycles. The molecule has 0 saturated heterocycles. The summed E-state index contributed by atoms with van der Waals surface area (Å²) in [5.41, 5.74) is 10.6. The summed E-state index contributed by atoms with van der Waals surface area (Å²) in [7, 11) is 1.62. The molecule has 180 valence electrons. The van der Waals surface area contributed by atoms with Gasteiger partial charge < -0.3 is 15.8 Å². The van der Waals surface area contributed by atoms with Gasteiger partial charge in [0.15, 0.2) is 0 Å². The van der Waals surface area contributed by atoms with Crippen molar-refractivity contribution in [2.24, 2.45) is 5.73 Å². The molecule has 1 atom stereocenters. The molecular formula is C27H27N3O3S2. The maximum atomic E-state index is 13.3. The van der Waals surface area contributed by atoms with Crippen LogP contribution >= 0.6 is 23.1 Å². The largest absolute Gasteiger partial charge is 0.494 e. The average Bonchev–Trinajstić information content (AvgIpc) is 3.26. The van der Waals surface area contributed by atoms with E-state index in [1.807, 2.05) is 74.7 Å². The number of aryl methyl sites for hydroxylation is 2. The topological polar surface area (TPSA) is 94.3 Å². The number of amides is 2. The van der Waals surface area contributed by atoms with Crippen molar-refractivity contribution in [1.82, 2.24) is 4.98 Å². The van der Waals surface area contributed by atoms with Gasteiger partial charge in [-0.2, -0.15) is 0 Å². The molecule has 2 aromatic heterocycles. The van der Waals surface area contributed by atoms with E-state index in [4.69, 9.17) is 15.5 Å². The highest BCUT2D eigenvalue weighted by Crippen LogP contribution is 2.37. The lowest BCUT2D eigenvalue weighted by molar-refractivity contribution is -0.115. The lowest BCUT2D eigenvalue weighted by Crippen LogP contribution is -2.25. The summed E-state index contributed by atoms with van der Waals surface area (Å²) in [5, 5.41) is 6.61. The normalized spacial score (nSPS) is 11.9. The number of carbonyl (C=O) groups is 2. The number of hydrogen-bond acceptors (Lipinski definition) is 6. The van der Waals surface area contributed by atoms with Crippen LogP contribution in [0.5, 0.6) is 5.75 Å². The highest BCUT2D eigenvalue weighted by Gasteiger charge is 2.24. The quantitative estimate of drug-likeness (QED) is 0.278. The SMILES string of the molecule is CCC(Sc1cc(C)c2cccc(OC)c2n1)C(=O)Nc1scc(-c2ccc(C)cc2)c1C(N)=O. The zero-order valence-electron chi connectivity index (χ0n) is 20.0. The number of nitrogens with two attached hydrogens (primary N) is 1. The maximum absolute atomic E-state index is 13.3. The summed E-state index contributed by atoms with van der Waals surface area (Å²) in [6.07, 6.45) is 0.587. The number of thioether (sulfide) groups is 1. The van der Waals surface area contributed by atoms with Crippen LogP contribution < -0.4 is 15.8 Å². The van der Waals surface area contributed by atoms with E-state index in [2.05, 4.69) is 5.32 Å². The van der Waals surface area contributed by atoms with Gasteiger partial charge in [0.2, 0.25) is 5.91 Å². The molecule has 0 spiro atoms. The molecule has 1 unspecified atom stereocenters. The first kappa shape index (κ1) is 24.8. The van der Waals surface area contributed by atoms with Crippen molar-refractivity contribution >= 4 is 50.8 Å². The zero-order valence-corrected chi connectivity index (χ0v) is 21.7. The van der Waals surface area contributed by atoms with Gasteiger partial charge in [-0.3, -0.25) is 9.59 Å². The number of aromatic nitrogens is 1. The van der Waals surface area contributed by atoms with Crippen LogP contribution in [0.2, 0.25) is 0 Å². The minimum atomic E-state index is -0.572. The molecule has 4 aromatic rings. The molecule has 6 nitrogen and oxygen atoms in total. The van der Waals surface area contributed by atoms with Gasteiger partial charge in [0.05, 0.1) is 22.9 Å². The molecule has 2 heterocycles. The van der Waals surface area contributed by atoms with Crippen molar-refractivity contribution in [2.45, 2.75) is 37.5 Å². The Hall–Kier alpha value is -3.36. The van der Waals surface area contributed by atoms with Crippen LogP contribution in [0.15, 0.2) is 58.9 Å². The number of ether oxygens (including phenoxy) is 1. The Balaban J connectivity index is 1.60. The number of carbonyl (C=O) groups excluding carboxylic acids is 2. The molecule has 2 aromatic carbocycles. The third-order valence-electron chi connectivity index (χ3n) is 5.77. The minimum Gasteiger partial charge on any atom is -0.494 e. The first-order valence-corrected chi connectivity index (χ1v) is 13.0. The number of benzene rings is 2. The van der Waals surface area contributed by atoms with Crippen LogP contribution in [-0.2, 0) is 4.79 Å². The highest BCUT2D eigenvalue weighted by molar-refractivity contribution is 8.00. The third kappa shape index (κ3) is 5.18. The minimum absolute atomic E-state index is 0.197. The second-order valence-corrected chi connectivity index (χ2v) is 10.3. The molecule has 0 aliphatic rings. The Morgan fingerprint density at radius 3 is 2.57 bits per heavy atom. The van der Waals surface area contributed by atoms with E-state index in [0.717, 1.165) is 38.2 Å². The van der Waals surface area contributed by atoms with Crippen LogP contribution in [0.1, 0.15) is 34.8 Å². The number of nitrogens with zero attached hydrogens (tertiary/aromatic N) is 1. The molecule has 4 rings (SSSR count). The maximum Gasteiger partial charge on any atom is 0.252 e. The summed E-state index contributed by atoms with van der Waals surface area (Å²) in [6.45, 7) is 5.97. The standard InChI is InChI=1S/C27H27N3O3S2/c1-5-21(35-22-13-16(3)18-7-6-8-20(33-4)24(18)29-22)26(32)30-27-23(25(28)31)19(14-34-27)17-11-9-15(2)10-12-17/h6-14,21H,5H2,1-4H3,(H2,28,31)(H,30,32). The van der Waals surface area contributed by atoms with Crippen LogP contribution in [0.4, 0.5) is 5.00 Å². The Morgan fingerprint density at radius 2 is 1.91 bits per heavy atom. The molecular weight excluding hydrogens is 478 g/mol. The van der Waals surface area contributed by atoms with Crippen LogP contribution in [0, 0.1) is 13.8 Å². The van der Waals surface area contributed by atoms with E-state index in [0.29, 0.717) is 22.7 Å². The highest BCUT2D eigenvalue weighted by atomic mass is 32.2. The smallest absolute Gasteiger partial charge is 0.252 e. The van der Waals surface area contributed by atoms with E-state index < -0.39 is 11.2 Å². The van der Waals surface area contributed by atoms with Crippen LogP contribution in [0.25, 0.3) is 22.0 Å². The summed E-state index contributed by atoms with van der Waals surface area (Å²) in [6, 6.07) is 15.7. The van der Waals surface area contributed by atoms with Crippen molar-refractivity contribution in [1.29, 1.82) is 0 Å². The zero-order chi connectivity index (χ0) is 25.1. The van der Waals surface area contributed by atoms with Crippen molar-refractivity contribution in [3.63, 3.8) is 0 Å². The fourth-order valence-electron chi connectivity index (χ4n) is 3.89. The Bertz CT molecular complexity index is 1400. The molecule has 8 heteroatoms. The number of pyridine rings is 1. The molecule has 0 saturated carbocycles. The van der Waals surface area contributed by atoms with E-state index >= 15 is 0 Å². The predicted molar refractivity (Wildman–Crippen MR) is 145 cm³/mol. The van der Waals surface area contributed by atoms with Gasteiger partial charge in [-0.1, -0.05) is 60.6 Å². The second kappa shape index (κ2) is 10.5. The van der Waals surface area contributed by atoms with Crippen molar-refractivity contribution in [3.05, 3.63) is 70.6 Å². The van der Waals surface area contributed by atoms with E-state index in [-0.39, 0.29) is 5.91 Å². The fourth-order valence-corrected chi connectivity index (χ4v) is 5.88. The summed E-state index contributed by atoms with van der Waals surface area (Å²) >= 11 is 2.69. The lowest BCUT2D eigenvalue weighted by Gasteiger charge is -2.16. The molecule has 35 heavy (non-hydrogen) atoms. The van der Waals surface area contributed by atoms with Crippen molar-refractivity contribution in [3.8, 4) is 16.9 Å². The summed E-state index contributed by atoms with van der Waals surface area (Å²) in [4.78, 5) is 30.4. The van der Waals surface area contributed by atoms with E-state index in [1.165, 1.54) is 23.1 Å².